The minimum Gasteiger partial charge on any atom is -0.266 e. The van der Waals surface area contributed by atoms with Crippen LogP contribution in [-0.2, 0) is 0 Å². The van der Waals surface area contributed by atoms with Crippen LogP contribution in [0, 0.1) is 6.92 Å². The Morgan fingerprint density at radius 2 is 2.20 bits per heavy atom. The van der Waals surface area contributed by atoms with Gasteiger partial charge in [-0.1, -0.05) is 0 Å². The molecule has 1 radical (unpaired) electrons. The van der Waals surface area contributed by atoms with Crippen LogP contribution in [-0.4, -0.2) is 15.9 Å². The van der Waals surface area contributed by atoms with E-state index in [1.54, 1.807) is 6.92 Å². The molecule has 0 unspecified atom stereocenters. The first-order valence-electron chi connectivity index (χ1n) is 2.75. The van der Waals surface area contributed by atoms with Crippen molar-refractivity contribution in [3.05, 3.63) is 23.8 Å². The van der Waals surface area contributed by atoms with Crippen molar-refractivity contribution in [2.24, 2.45) is 0 Å². The maximum Gasteiger partial charge on any atom is 0.289 e. The largest absolute Gasteiger partial charge is 0.289 e. The summed E-state index contributed by atoms with van der Waals surface area (Å²) in [6, 6.07) is 0. The molecule has 0 aromatic carbocycles. The van der Waals surface area contributed by atoms with E-state index in [0.29, 0.717) is 0 Å². The van der Waals surface area contributed by atoms with E-state index in [2.05, 4.69) is 9.97 Å². The van der Waals surface area contributed by atoms with E-state index in [1.807, 2.05) is 0 Å². The molecule has 0 bridgehead atoms. The molecule has 10 heavy (non-hydrogen) atoms. The number of carbonyl (C=O) groups is 1. The second kappa shape index (κ2) is 2.43. The Morgan fingerprint density at radius 3 is 2.60 bits per heavy atom. The van der Waals surface area contributed by atoms with Crippen LogP contribution in [0.4, 0.5) is 0 Å². The van der Waals surface area contributed by atoms with E-state index >= 15 is 0 Å². The van der Waals surface area contributed by atoms with E-state index in [0.717, 1.165) is 5.69 Å². The van der Waals surface area contributed by atoms with Gasteiger partial charge in [0.05, 0.1) is 11.9 Å². The highest BCUT2D eigenvalue weighted by Crippen LogP contribution is 1.91. The van der Waals surface area contributed by atoms with Gasteiger partial charge in [0.15, 0.2) is 0 Å². The van der Waals surface area contributed by atoms with Crippen LogP contribution < -0.4 is 5.73 Å². The molecule has 0 aliphatic carbocycles. The number of rotatable bonds is 1. The third kappa shape index (κ3) is 1.28. The van der Waals surface area contributed by atoms with Crippen LogP contribution in [0.3, 0.4) is 0 Å². The molecular formula is C6H6N3O. The predicted octanol–water partition coefficient (Wildman–Crippen LogP) is 0.208. The van der Waals surface area contributed by atoms with Gasteiger partial charge in [0, 0.05) is 6.20 Å². The zero-order valence-corrected chi connectivity index (χ0v) is 5.46. The molecule has 51 valence electrons. The predicted molar refractivity (Wildman–Crippen MR) is 34.2 cm³/mol. The summed E-state index contributed by atoms with van der Waals surface area (Å²) in [6.45, 7) is 1.77. The molecule has 0 saturated carbocycles. The summed E-state index contributed by atoms with van der Waals surface area (Å²) in [4.78, 5) is 17.8. The lowest BCUT2D eigenvalue weighted by atomic mass is 10.4. The summed E-state index contributed by atoms with van der Waals surface area (Å²) in [5.74, 6) is -0.799. The van der Waals surface area contributed by atoms with E-state index in [1.165, 1.54) is 12.4 Å². The topological polar surface area (TPSA) is 66.7 Å². The number of hydrogen-bond donors (Lipinski definition) is 0. The fourth-order valence-electron chi connectivity index (χ4n) is 0.510. The van der Waals surface area contributed by atoms with E-state index in [-0.39, 0.29) is 5.69 Å². The highest BCUT2D eigenvalue weighted by molar-refractivity contribution is 5.89. The van der Waals surface area contributed by atoms with Gasteiger partial charge in [0.1, 0.15) is 5.69 Å². The molecule has 1 aromatic heterocycles. The van der Waals surface area contributed by atoms with Crippen molar-refractivity contribution in [1.82, 2.24) is 15.7 Å². The Balaban J connectivity index is 3.00. The Bertz CT molecular complexity index is 242. The summed E-state index contributed by atoms with van der Waals surface area (Å²) in [5, 5.41) is 0. The van der Waals surface area contributed by atoms with Gasteiger partial charge in [0.2, 0.25) is 0 Å². The fourth-order valence-corrected chi connectivity index (χ4v) is 0.510. The number of nitrogens with zero attached hydrogens (tertiary/aromatic N) is 2. The number of aryl methyl sites for hydroxylation is 1. The average Bonchev–Trinajstić information content (AvgIpc) is 1.88. The fraction of sp³-hybridized carbons (Fsp3) is 0.167. The molecule has 1 aromatic rings. The molecular weight excluding hydrogens is 130 g/mol. The molecule has 4 heteroatoms. The van der Waals surface area contributed by atoms with E-state index in [4.69, 9.17) is 5.73 Å². The highest BCUT2D eigenvalue weighted by atomic mass is 16.1. The van der Waals surface area contributed by atoms with Gasteiger partial charge >= 0.3 is 0 Å². The monoisotopic (exact) mass is 136 g/mol. The Morgan fingerprint density at radius 1 is 1.50 bits per heavy atom. The van der Waals surface area contributed by atoms with Crippen molar-refractivity contribution in [2.75, 3.05) is 0 Å². The minimum atomic E-state index is -0.799. The number of nitrogens with one attached hydrogen (secondary N) is 1. The van der Waals surface area contributed by atoms with Crippen LogP contribution in [0.2, 0.25) is 0 Å². The lowest BCUT2D eigenvalue weighted by Crippen LogP contribution is -2.02. The zero-order chi connectivity index (χ0) is 7.56. The lowest BCUT2D eigenvalue weighted by Gasteiger charge is -1.91. The van der Waals surface area contributed by atoms with E-state index in [9.17, 15) is 4.79 Å². The molecule has 1 rings (SSSR count). The maximum atomic E-state index is 10.3. The smallest absolute Gasteiger partial charge is 0.266 e. The normalized spacial score (nSPS) is 9.30. The second-order valence-electron chi connectivity index (χ2n) is 1.87. The number of carbonyl (C=O) groups excluding carboxylic acids is 1. The van der Waals surface area contributed by atoms with Crippen molar-refractivity contribution in [2.45, 2.75) is 6.92 Å². The lowest BCUT2D eigenvalue weighted by molar-refractivity contribution is 0.0987. The summed E-state index contributed by atoms with van der Waals surface area (Å²) < 4.78 is 0. The quantitative estimate of drug-likeness (QED) is 0.554. The second-order valence-corrected chi connectivity index (χ2v) is 1.87. The molecule has 0 spiro atoms. The summed E-state index contributed by atoms with van der Waals surface area (Å²) in [6.07, 6.45) is 2.76. The maximum absolute atomic E-state index is 10.3. The highest BCUT2D eigenvalue weighted by Gasteiger charge is 2.00. The van der Waals surface area contributed by atoms with Crippen molar-refractivity contribution in [1.29, 1.82) is 0 Å². The van der Waals surface area contributed by atoms with Gasteiger partial charge in [-0.3, -0.25) is 15.5 Å². The SMILES string of the molecule is Cc1cnc(C([NH])=O)cn1. The van der Waals surface area contributed by atoms with E-state index < -0.39 is 5.91 Å². The number of aromatic nitrogens is 2. The van der Waals surface area contributed by atoms with Gasteiger partial charge in [-0.25, -0.2) is 4.98 Å². The first-order chi connectivity index (χ1) is 4.70. The molecule has 1 N–H and O–H groups in total. The van der Waals surface area contributed by atoms with Crippen molar-refractivity contribution < 1.29 is 4.79 Å². The first-order valence-corrected chi connectivity index (χ1v) is 2.75. The standard InChI is InChI=1S/C6H6N3O/c1-4-2-9-5(3-8-4)6(7)10/h2-3,7H,1H3. The summed E-state index contributed by atoms with van der Waals surface area (Å²) in [5.41, 5.74) is 7.48. The summed E-state index contributed by atoms with van der Waals surface area (Å²) in [7, 11) is 0. The molecule has 1 amide bonds. The molecule has 4 nitrogen and oxygen atoms in total. The van der Waals surface area contributed by atoms with Gasteiger partial charge in [0.25, 0.3) is 5.91 Å². The van der Waals surface area contributed by atoms with Crippen molar-refractivity contribution >= 4 is 5.91 Å². The van der Waals surface area contributed by atoms with Crippen molar-refractivity contribution in [3.63, 3.8) is 0 Å². The number of hydrogen-bond acceptors (Lipinski definition) is 3. The molecule has 0 fully saturated rings. The Hall–Kier alpha value is -1.45. The van der Waals surface area contributed by atoms with Gasteiger partial charge in [-0.2, -0.15) is 0 Å². The van der Waals surface area contributed by atoms with Gasteiger partial charge < -0.3 is 0 Å². The molecule has 0 atom stereocenters. The Kier molecular flexibility index (Phi) is 1.62. The third-order valence-corrected chi connectivity index (χ3v) is 1.01. The van der Waals surface area contributed by atoms with Crippen LogP contribution in [0.5, 0.6) is 0 Å². The zero-order valence-electron chi connectivity index (χ0n) is 5.46. The molecule has 1 heterocycles. The van der Waals surface area contributed by atoms with Crippen LogP contribution >= 0.6 is 0 Å². The molecule has 0 aliphatic heterocycles. The molecule has 0 saturated heterocycles. The van der Waals surface area contributed by atoms with Crippen LogP contribution in [0.15, 0.2) is 12.4 Å². The molecule has 0 aliphatic rings. The van der Waals surface area contributed by atoms with Crippen LogP contribution in [0.25, 0.3) is 0 Å². The average molecular weight is 136 g/mol. The van der Waals surface area contributed by atoms with Crippen LogP contribution in [0.1, 0.15) is 16.2 Å². The summed E-state index contributed by atoms with van der Waals surface area (Å²) >= 11 is 0. The third-order valence-electron chi connectivity index (χ3n) is 1.01. The van der Waals surface area contributed by atoms with Crippen molar-refractivity contribution in [3.8, 4) is 0 Å². The van der Waals surface area contributed by atoms with Gasteiger partial charge in [-0.15, -0.1) is 0 Å². The van der Waals surface area contributed by atoms with Gasteiger partial charge in [-0.05, 0) is 6.92 Å². The first kappa shape index (κ1) is 6.67. The Labute approximate surface area is 58.1 Å². The minimum absolute atomic E-state index is 0.0885. The number of amides is 1.